The first-order valence-corrected chi connectivity index (χ1v) is 5.98. The molecule has 1 aromatic rings. The molecule has 1 heterocycles. The van der Waals surface area contributed by atoms with Crippen LogP contribution in [0, 0.1) is 5.82 Å². The van der Waals surface area contributed by atoms with E-state index in [0.717, 1.165) is 23.1 Å². The van der Waals surface area contributed by atoms with Gasteiger partial charge in [-0.05, 0) is 12.1 Å². The Morgan fingerprint density at radius 1 is 1.30 bits per heavy atom. The Bertz CT molecular complexity index is 556. The Balaban J connectivity index is 2.00. The molecule has 0 bridgehead atoms. The van der Waals surface area contributed by atoms with Crippen molar-refractivity contribution in [2.75, 3.05) is 13.2 Å². The minimum absolute atomic E-state index is 0.0211. The van der Waals surface area contributed by atoms with Gasteiger partial charge in [-0.3, -0.25) is 14.5 Å². The van der Waals surface area contributed by atoms with Crippen molar-refractivity contribution in [1.29, 1.82) is 0 Å². The molecule has 6 nitrogen and oxygen atoms in total. The monoisotopic (exact) mass is 281 g/mol. The lowest BCUT2D eigenvalue weighted by Crippen LogP contribution is -2.33. The maximum absolute atomic E-state index is 13.1. The van der Waals surface area contributed by atoms with E-state index in [0.29, 0.717) is 0 Å². The van der Waals surface area contributed by atoms with Gasteiger partial charge in [0.05, 0.1) is 6.54 Å². The van der Waals surface area contributed by atoms with Gasteiger partial charge in [-0.2, -0.15) is 0 Å². The number of rotatable bonds is 5. The van der Waals surface area contributed by atoms with Crippen molar-refractivity contribution in [2.24, 2.45) is 0 Å². The lowest BCUT2D eigenvalue weighted by atomic mass is 10.2. The third-order valence-corrected chi connectivity index (χ3v) is 2.90. The van der Waals surface area contributed by atoms with Crippen molar-refractivity contribution in [1.82, 2.24) is 4.90 Å². The van der Waals surface area contributed by atoms with Gasteiger partial charge in [0.15, 0.2) is 0 Å². The van der Waals surface area contributed by atoms with Crippen molar-refractivity contribution in [2.45, 2.75) is 12.8 Å². The molecule has 1 fully saturated rings. The molecule has 1 N–H and O–H groups in total. The smallest absolute Gasteiger partial charge is 0.339 e. The SMILES string of the molecule is O=C(O)c1ccc(F)cc1OCCN1C(=O)CCC1=O. The van der Waals surface area contributed by atoms with Crippen LogP contribution >= 0.6 is 0 Å². The fourth-order valence-corrected chi connectivity index (χ4v) is 1.91. The summed E-state index contributed by atoms with van der Waals surface area (Å²) in [6, 6.07) is 3.07. The largest absolute Gasteiger partial charge is 0.491 e. The predicted octanol–water partition coefficient (Wildman–Crippen LogP) is 1.05. The molecule has 0 unspecified atom stereocenters. The highest BCUT2D eigenvalue weighted by atomic mass is 19.1. The maximum Gasteiger partial charge on any atom is 0.339 e. The first-order chi connectivity index (χ1) is 9.49. The van der Waals surface area contributed by atoms with Crippen LogP contribution in [-0.4, -0.2) is 40.9 Å². The summed E-state index contributed by atoms with van der Waals surface area (Å²) >= 11 is 0. The lowest BCUT2D eigenvalue weighted by Gasteiger charge is -2.15. The summed E-state index contributed by atoms with van der Waals surface area (Å²) in [6.07, 6.45) is 0.359. The molecule has 1 aliphatic heterocycles. The maximum atomic E-state index is 13.1. The van der Waals surface area contributed by atoms with Crippen LogP contribution in [0.3, 0.4) is 0 Å². The van der Waals surface area contributed by atoms with E-state index < -0.39 is 11.8 Å². The normalized spacial score (nSPS) is 14.8. The molecule has 0 spiro atoms. The Morgan fingerprint density at radius 2 is 1.95 bits per heavy atom. The van der Waals surface area contributed by atoms with Crippen LogP contribution in [0.15, 0.2) is 18.2 Å². The Labute approximate surface area is 113 Å². The molecule has 106 valence electrons. The van der Waals surface area contributed by atoms with Gasteiger partial charge in [-0.25, -0.2) is 9.18 Å². The molecule has 1 aliphatic rings. The van der Waals surface area contributed by atoms with E-state index in [4.69, 9.17) is 9.84 Å². The van der Waals surface area contributed by atoms with Gasteiger partial charge in [0.1, 0.15) is 23.7 Å². The van der Waals surface area contributed by atoms with Crippen LogP contribution in [0.25, 0.3) is 0 Å². The van der Waals surface area contributed by atoms with E-state index in [9.17, 15) is 18.8 Å². The van der Waals surface area contributed by atoms with E-state index in [1.54, 1.807) is 0 Å². The van der Waals surface area contributed by atoms with Gasteiger partial charge in [0.25, 0.3) is 0 Å². The van der Waals surface area contributed by atoms with E-state index in [1.807, 2.05) is 0 Å². The predicted molar refractivity (Wildman–Crippen MR) is 64.8 cm³/mol. The summed E-state index contributed by atoms with van der Waals surface area (Å²) in [5.41, 5.74) is -0.175. The van der Waals surface area contributed by atoms with Crippen molar-refractivity contribution in [3.63, 3.8) is 0 Å². The second-order valence-corrected chi connectivity index (χ2v) is 4.23. The molecular formula is C13H12FNO5. The number of carboxylic acids is 1. The molecule has 7 heteroatoms. The van der Waals surface area contributed by atoms with Crippen molar-refractivity contribution >= 4 is 17.8 Å². The summed E-state index contributed by atoms with van der Waals surface area (Å²) < 4.78 is 18.2. The fourth-order valence-electron chi connectivity index (χ4n) is 1.91. The highest BCUT2D eigenvalue weighted by Gasteiger charge is 2.28. The number of carbonyl (C=O) groups excluding carboxylic acids is 2. The number of aromatic carboxylic acids is 1. The summed E-state index contributed by atoms with van der Waals surface area (Å²) in [5.74, 6) is -2.56. The van der Waals surface area contributed by atoms with Gasteiger partial charge >= 0.3 is 5.97 Å². The minimum Gasteiger partial charge on any atom is -0.491 e. The first-order valence-electron chi connectivity index (χ1n) is 5.98. The highest BCUT2D eigenvalue weighted by molar-refractivity contribution is 6.01. The Morgan fingerprint density at radius 3 is 2.55 bits per heavy atom. The number of carbonyl (C=O) groups is 3. The van der Waals surface area contributed by atoms with E-state index >= 15 is 0 Å². The van der Waals surface area contributed by atoms with Gasteiger partial charge in [0, 0.05) is 18.9 Å². The Kier molecular flexibility index (Phi) is 3.97. The van der Waals surface area contributed by atoms with Crippen LogP contribution in [0.2, 0.25) is 0 Å². The molecule has 0 atom stereocenters. The second-order valence-electron chi connectivity index (χ2n) is 4.23. The summed E-state index contributed by atoms with van der Waals surface area (Å²) in [5, 5.41) is 8.93. The zero-order valence-electron chi connectivity index (χ0n) is 10.5. The average Bonchev–Trinajstić information content (AvgIpc) is 2.70. The summed E-state index contributed by atoms with van der Waals surface area (Å²) in [6.45, 7) is -0.0611. The zero-order valence-corrected chi connectivity index (χ0v) is 10.5. The number of likely N-dealkylation sites (tertiary alicyclic amines) is 1. The molecule has 1 aromatic carbocycles. The summed E-state index contributed by atoms with van der Waals surface area (Å²) in [4.78, 5) is 34.7. The molecule has 0 saturated carbocycles. The molecule has 20 heavy (non-hydrogen) atoms. The fraction of sp³-hybridized carbons (Fsp3) is 0.308. The number of ether oxygens (including phenoxy) is 1. The minimum atomic E-state index is -1.24. The third kappa shape index (κ3) is 2.93. The van der Waals surface area contributed by atoms with Crippen LogP contribution in [0.1, 0.15) is 23.2 Å². The number of hydrogen-bond donors (Lipinski definition) is 1. The summed E-state index contributed by atoms with van der Waals surface area (Å²) in [7, 11) is 0. The van der Waals surface area contributed by atoms with Crippen molar-refractivity contribution in [3.05, 3.63) is 29.6 Å². The molecule has 0 aromatic heterocycles. The van der Waals surface area contributed by atoms with Crippen molar-refractivity contribution < 1.29 is 28.6 Å². The third-order valence-electron chi connectivity index (χ3n) is 2.90. The molecular weight excluding hydrogens is 269 g/mol. The van der Waals surface area contributed by atoms with E-state index in [2.05, 4.69) is 0 Å². The van der Waals surface area contributed by atoms with Crippen LogP contribution in [0.4, 0.5) is 4.39 Å². The number of benzene rings is 1. The number of imide groups is 1. The molecule has 0 aliphatic carbocycles. The number of hydrogen-bond acceptors (Lipinski definition) is 4. The molecule has 2 amide bonds. The number of amides is 2. The molecule has 0 radical (unpaired) electrons. The number of halogens is 1. The number of nitrogens with zero attached hydrogens (tertiary/aromatic N) is 1. The van der Waals surface area contributed by atoms with Crippen LogP contribution in [0.5, 0.6) is 5.75 Å². The van der Waals surface area contributed by atoms with Gasteiger partial charge in [0.2, 0.25) is 11.8 Å². The molecule has 1 saturated heterocycles. The number of carboxylic acid groups (broad SMARTS) is 1. The second kappa shape index (κ2) is 5.68. The molecule has 2 rings (SSSR count). The van der Waals surface area contributed by atoms with Crippen LogP contribution < -0.4 is 4.74 Å². The topological polar surface area (TPSA) is 83.9 Å². The van der Waals surface area contributed by atoms with E-state index in [-0.39, 0.29) is 49.1 Å². The van der Waals surface area contributed by atoms with Crippen LogP contribution in [-0.2, 0) is 9.59 Å². The van der Waals surface area contributed by atoms with Gasteiger partial charge < -0.3 is 9.84 Å². The van der Waals surface area contributed by atoms with Gasteiger partial charge in [-0.1, -0.05) is 0 Å². The first kappa shape index (κ1) is 14.0. The lowest BCUT2D eigenvalue weighted by molar-refractivity contribution is -0.138. The van der Waals surface area contributed by atoms with Crippen molar-refractivity contribution in [3.8, 4) is 5.75 Å². The van der Waals surface area contributed by atoms with E-state index in [1.165, 1.54) is 0 Å². The highest BCUT2D eigenvalue weighted by Crippen LogP contribution is 2.20. The standard InChI is InChI=1S/C13H12FNO5/c14-8-1-2-9(13(18)19)10(7-8)20-6-5-15-11(16)3-4-12(15)17/h1-2,7H,3-6H2,(H,18,19). The zero-order chi connectivity index (χ0) is 14.7. The quantitative estimate of drug-likeness (QED) is 0.816. The Hall–Kier alpha value is -2.44. The van der Waals surface area contributed by atoms with Gasteiger partial charge in [-0.15, -0.1) is 0 Å². The average molecular weight is 281 g/mol.